The minimum absolute atomic E-state index is 0.0830. The van der Waals surface area contributed by atoms with E-state index in [1.807, 2.05) is 4.90 Å². The first-order valence-corrected chi connectivity index (χ1v) is 6.63. The summed E-state index contributed by atoms with van der Waals surface area (Å²) in [6, 6.07) is 1.01. The summed E-state index contributed by atoms with van der Waals surface area (Å²) in [5.74, 6) is -0.549. The smallest absolute Gasteiger partial charge is 0.305 e. The molecule has 1 amide bonds. The SMILES string of the molecule is CC(CC(=O)O)NC(=O)C1CCCN1c1ncccn1. The van der Waals surface area contributed by atoms with Gasteiger partial charge in [0.25, 0.3) is 0 Å². The van der Waals surface area contributed by atoms with E-state index < -0.39 is 5.97 Å². The summed E-state index contributed by atoms with van der Waals surface area (Å²) in [4.78, 5) is 33.0. The quantitative estimate of drug-likeness (QED) is 0.810. The van der Waals surface area contributed by atoms with Crippen LogP contribution in [0, 0.1) is 0 Å². The predicted molar refractivity (Wildman–Crippen MR) is 72.3 cm³/mol. The van der Waals surface area contributed by atoms with Crippen LogP contribution in [0.2, 0.25) is 0 Å². The van der Waals surface area contributed by atoms with Gasteiger partial charge in [-0.2, -0.15) is 0 Å². The Labute approximate surface area is 117 Å². The Balaban J connectivity index is 2.00. The van der Waals surface area contributed by atoms with Crippen molar-refractivity contribution in [2.24, 2.45) is 0 Å². The number of nitrogens with one attached hydrogen (secondary N) is 1. The number of amides is 1. The summed E-state index contributed by atoms with van der Waals surface area (Å²) in [6.45, 7) is 2.42. The lowest BCUT2D eigenvalue weighted by molar-refractivity contribution is -0.137. The Kier molecular flexibility index (Phi) is 4.49. The lowest BCUT2D eigenvalue weighted by Gasteiger charge is -2.24. The molecule has 2 atom stereocenters. The molecule has 1 fully saturated rings. The number of carbonyl (C=O) groups is 2. The van der Waals surface area contributed by atoms with Crippen LogP contribution in [-0.4, -0.2) is 45.6 Å². The average Bonchev–Trinajstić information content (AvgIpc) is 2.87. The number of carboxylic acid groups (broad SMARTS) is 1. The topological polar surface area (TPSA) is 95.4 Å². The molecule has 108 valence electrons. The van der Waals surface area contributed by atoms with Crippen molar-refractivity contribution >= 4 is 17.8 Å². The second-order valence-corrected chi connectivity index (χ2v) is 4.91. The molecule has 1 aliphatic heterocycles. The summed E-state index contributed by atoms with van der Waals surface area (Å²) in [7, 11) is 0. The molecule has 0 spiro atoms. The Hall–Kier alpha value is -2.18. The first-order chi connectivity index (χ1) is 9.58. The van der Waals surface area contributed by atoms with Crippen LogP contribution >= 0.6 is 0 Å². The maximum Gasteiger partial charge on any atom is 0.305 e. The second kappa shape index (κ2) is 6.31. The third kappa shape index (κ3) is 3.43. The molecule has 1 aromatic heterocycles. The fraction of sp³-hybridized carbons (Fsp3) is 0.538. The van der Waals surface area contributed by atoms with Gasteiger partial charge in [-0.25, -0.2) is 9.97 Å². The van der Waals surface area contributed by atoms with Crippen LogP contribution in [-0.2, 0) is 9.59 Å². The second-order valence-electron chi connectivity index (χ2n) is 4.91. The van der Waals surface area contributed by atoms with E-state index in [1.54, 1.807) is 25.4 Å². The van der Waals surface area contributed by atoms with E-state index in [4.69, 9.17) is 5.11 Å². The summed E-state index contributed by atoms with van der Waals surface area (Å²) >= 11 is 0. The van der Waals surface area contributed by atoms with E-state index >= 15 is 0 Å². The lowest BCUT2D eigenvalue weighted by Crippen LogP contribution is -2.47. The van der Waals surface area contributed by atoms with Gasteiger partial charge in [-0.1, -0.05) is 0 Å². The number of carbonyl (C=O) groups excluding carboxylic acids is 1. The van der Waals surface area contributed by atoms with Crippen LogP contribution in [0.1, 0.15) is 26.2 Å². The molecule has 2 rings (SSSR count). The zero-order valence-corrected chi connectivity index (χ0v) is 11.3. The number of anilines is 1. The van der Waals surface area contributed by atoms with Gasteiger partial charge in [-0.15, -0.1) is 0 Å². The third-order valence-corrected chi connectivity index (χ3v) is 3.23. The summed E-state index contributed by atoms with van der Waals surface area (Å²) < 4.78 is 0. The first kappa shape index (κ1) is 14.2. The Morgan fingerprint density at radius 2 is 2.20 bits per heavy atom. The standard InChI is InChI=1S/C13H18N4O3/c1-9(8-11(18)19)16-12(20)10-4-2-7-17(10)13-14-5-3-6-15-13/h3,5-6,9-10H,2,4,7-8H2,1H3,(H,16,20)(H,18,19). The molecule has 2 unspecified atom stereocenters. The molecule has 0 saturated carbocycles. The van der Waals surface area contributed by atoms with Crippen LogP contribution in [0.3, 0.4) is 0 Å². The summed E-state index contributed by atoms with van der Waals surface area (Å²) in [6.07, 6.45) is 4.82. The van der Waals surface area contributed by atoms with E-state index in [-0.39, 0.29) is 24.4 Å². The van der Waals surface area contributed by atoms with E-state index in [0.29, 0.717) is 5.95 Å². The molecule has 0 aromatic carbocycles. The van der Waals surface area contributed by atoms with Gasteiger partial charge in [0.1, 0.15) is 6.04 Å². The van der Waals surface area contributed by atoms with E-state index in [0.717, 1.165) is 19.4 Å². The van der Waals surface area contributed by atoms with Crippen LogP contribution < -0.4 is 10.2 Å². The molecule has 2 heterocycles. The molecule has 7 heteroatoms. The molecule has 2 N–H and O–H groups in total. The lowest BCUT2D eigenvalue weighted by atomic mass is 10.1. The Morgan fingerprint density at radius 1 is 1.50 bits per heavy atom. The largest absolute Gasteiger partial charge is 0.481 e. The van der Waals surface area contributed by atoms with Crippen molar-refractivity contribution < 1.29 is 14.7 Å². The van der Waals surface area contributed by atoms with Crippen molar-refractivity contribution in [1.82, 2.24) is 15.3 Å². The van der Waals surface area contributed by atoms with Gasteiger partial charge in [0.15, 0.2) is 0 Å². The molecule has 1 saturated heterocycles. The number of aromatic nitrogens is 2. The highest BCUT2D eigenvalue weighted by molar-refractivity contribution is 5.85. The monoisotopic (exact) mass is 278 g/mol. The van der Waals surface area contributed by atoms with Gasteiger partial charge in [-0.05, 0) is 25.8 Å². The molecule has 0 bridgehead atoms. The zero-order valence-electron chi connectivity index (χ0n) is 11.3. The molecular weight excluding hydrogens is 260 g/mol. The fourth-order valence-electron chi connectivity index (χ4n) is 2.37. The van der Waals surface area contributed by atoms with Gasteiger partial charge in [0.2, 0.25) is 11.9 Å². The van der Waals surface area contributed by atoms with Gasteiger partial charge in [0, 0.05) is 25.0 Å². The molecule has 1 aromatic rings. The Morgan fingerprint density at radius 3 is 2.85 bits per heavy atom. The normalized spacial score (nSPS) is 19.6. The van der Waals surface area contributed by atoms with Gasteiger partial charge in [-0.3, -0.25) is 9.59 Å². The molecule has 7 nitrogen and oxygen atoms in total. The number of nitrogens with zero attached hydrogens (tertiary/aromatic N) is 3. The van der Waals surface area contributed by atoms with Crippen LogP contribution in [0.4, 0.5) is 5.95 Å². The van der Waals surface area contributed by atoms with Crippen LogP contribution in [0.25, 0.3) is 0 Å². The Bertz CT molecular complexity index is 480. The van der Waals surface area contributed by atoms with Gasteiger partial charge < -0.3 is 15.3 Å². The zero-order chi connectivity index (χ0) is 14.5. The van der Waals surface area contributed by atoms with Gasteiger partial charge in [0.05, 0.1) is 6.42 Å². The maximum absolute atomic E-state index is 12.2. The minimum Gasteiger partial charge on any atom is -0.481 e. The van der Waals surface area contributed by atoms with Crippen molar-refractivity contribution in [3.8, 4) is 0 Å². The first-order valence-electron chi connectivity index (χ1n) is 6.63. The summed E-state index contributed by atoms with van der Waals surface area (Å²) in [5, 5.41) is 11.4. The van der Waals surface area contributed by atoms with Crippen LogP contribution in [0.15, 0.2) is 18.5 Å². The van der Waals surface area contributed by atoms with E-state index in [2.05, 4.69) is 15.3 Å². The van der Waals surface area contributed by atoms with Crippen molar-refractivity contribution in [1.29, 1.82) is 0 Å². The average molecular weight is 278 g/mol. The number of hydrogen-bond acceptors (Lipinski definition) is 5. The minimum atomic E-state index is -0.924. The molecule has 1 aliphatic rings. The molecule has 20 heavy (non-hydrogen) atoms. The molecule has 0 aliphatic carbocycles. The highest BCUT2D eigenvalue weighted by atomic mass is 16.4. The number of hydrogen-bond donors (Lipinski definition) is 2. The molecule has 0 radical (unpaired) electrons. The van der Waals surface area contributed by atoms with Crippen LogP contribution in [0.5, 0.6) is 0 Å². The van der Waals surface area contributed by atoms with Crippen molar-refractivity contribution in [2.45, 2.75) is 38.3 Å². The maximum atomic E-state index is 12.2. The van der Waals surface area contributed by atoms with Crippen molar-refractivity contribution in [2.75, 3.05) is 11.4 Å². The van der Waals surface area contributed by atoms with Crippen molar-refractivity contribution in [3.63, 3.8) is 0 Å². The van der Waals surface area contributed by atoms with Crippen molar-refractivity contribution in [3.05, 3.63) is 18.5 Å². The summed E-state index contributed by atoms with van der Waals surface area (Å²) in [5.41, 5.74) is 0. The predicted octanol–water partition coefficient (Wildman–Crippen LogP) is 0.425. The number of aliphatic carboxylic acids is 1. The fourth-order valence-corrected chi connectivity index (χ4v) is 2.37. The van der Waals surface area contributed by atoms with E-state index in [1.165, 1.54) is 0 Å². The number of carboxylic acids is 1. The highest BCUT2D eigenvalue weighted by Gasteiger charge is 2.32. The van der Waals surface area contributed by atoms with E-state index in [9.17, 15) is 9.59 Å². The third-order valence-electron chi connectivity index (χ3n) is 3.23. The highest BCUT2D eigenvalue weighted by Crippen LogP contribution is 2.22. The van der Waals surface area contributed by atoms with Gasteiger partial charge >= 0.3 is 5.97 Å². The molecular formula is C13H18N4O3. The number of rotatable bonds is 5.